The maximum atomic E-state index is 12.4. The molecule has 1 aromatic carbocycles. The number of ketones is 1. The third-order valence-corrected chi connectivity index (χ3v) is 3.07. The van der Waals surface area contributed by atoms with Gasteiger partial charge in [-0.1, -0.05) is 38.1 Å². The van der Waals surface area contributed by atoms with Crippen molar-refractivity contribution in [1.82, 2.24) is 4.98 Å². The zero-order chi connectivity index (χ0) is 14.4. The normalized spacial score (nSPS) is 10.3. The van der Waals surface area contributed by atoms with Crippen LogP contribution in [0.3, 0.4) is 0 Å². The maximum Gasteiger partial charge on any atom is 0.194 e. The van der Waals surface area contributed by atoms with Gasteiger partial charge in [0.25, 0.3) is 0 Å². The Morgan fingerprint density at radius 2 is 1.85 bits per heavy atom. The fraction of sp³-hybridized carbons (Fsp3) is 0.294. The molecule has 0 bridgehead atoms. The van der Waals surface area contributed by atoms with Gasteiger partial charge >= 0.3 is 0 Å². The standard InChI is InChI=1S/C17H19NO2/c1-3-9-20-16-10-15(11-18-12-16)17(19)14-7-5-13(4-2)6-8-14/h5-8,10-12H,3-4,9H2,1-2H3. The lowest BCUT2D eigenvalue weighted by Crippen LogP contribution is -2.03. The molecular weight excluding hydrogens is 250 g/mol. The van der Waals surface area contributed by atoms with Crippen LogP contribution in [0.5, 0.6) is 5.75 Å². The Bertz CT molecular complexity index is 576. The summed E-state index contributed by atoms with van der Waals surface area (Å²) in [5.41, 5.74) is 2.46. The van der Waals surface area contributed by atoms with Crippen LogP contribution < -0.4 is 4.74 Å². The fourth-order valence-corrected chi connectivity index (χ4v) is 1.90. The van der Waals surface area contributed by atoms with Gasteiger partial charge in [-0.3, -0.25) is 9.78 Å². The molecule has 104 valence electrons. The lowest BCUT2D eigenvalue weighted by Gasteiger charge is -2.06. The predicted octanol–water partition coefficient (Wildman–Crippen LogP) is 3.66. The largest absolute Gasteiger partial charge is 0.492 e. The van der Waals surface area contributed by atoms with Crippen molar-refractivity contribution in [2.75, 3.05) is 6.61 Å². The SMILES string of the molecule is CCCOc1cncc(C(=O)c2ccc(CC)cc2)c1. The number of hydrogen-bond acceptors (Lipinski definition) is 3. The molecule has 0 aliphatic heterocycles. The lowest BCUT2D eigenvalue weighted by molar-refractivity contribution is 0.103. The van der Waals surface area contributed by atoms with Crippen molar-refractivity contribution >= 4 is 5.78 Å². The molecule has 2 aromatic rings. The minimum atomic E-state index is -0.0258. The van der Waals surface area contributed by atoms with Crippen molar-refractivity contribution in [3.63, 3.8) is 0 Å². The minimum Gasteiger partial charge on any atom is -0.492 e. The Labute approximate surface area is 119 Å². The van der Waals surface area contributed by atoms with E-state index in [0.29, 0.717) is 23.5 Å². The van der Waals surface area contributed by atoms with Crippen LogP contribution in [0.1, 0.15) is 41.8 Å². The van der Waals surface area contributed by atoms with E-state index >= 15 is 0 Å². The molecule has 0 N–H and O–H groups in total. The Balaban J connectivity index is 2.19. The van der Waals surface area contributed by atoms with Crippen molar-refractivity contribution in [3.05, 3.63) is 59.4 Å². The summed E-state index contributed by atoms with van der Waals surface area (Å²) in [6.45, 7) is 4.76. The highest BCUT2D eigenvalue weighted by atomic mass is 16.5. The van der Waals surface area contributed by atoms with E-state index < -0.39 is 0 Å². The van der Waals surface area contributed by atoms with Crippen molar-refractivity contribution in [1.29, 1.82) is 0 Å². The molecule has 3 heteroatoms. The highest BCUT2D eigenvalue weighted by Crippen LogP contribution is 2.16. The Morgan fingerprint density at radius 3 is 2.50 bits per heavy atom. The third kappa shape index (κ3) is 3.44. The molecule has 0 atom stereocenters. The molecule has 0 spiro atoms. The van der Waals surface area contributed by atoms with Gasteiger partial charge in [-0.05, 0) is 24.5 Å². The van der Waals surface area contributed by atoms with E-state index in [-0.39, 0.29) is 5.78 Å². The van der Waals surface area contributed by atoms with Gasteiger partial charge in [0.05, 0.1) is 12.8 Å². The molecule has 1 heterocycles. The predicted molar refractivity (Wildman–Crippen MR) is 79.3 cm³/mol. The van der Waals surface area contributed by atoms with E-state index in [1.807, 2.05) is 31.2 Å². The van der Waals surface area contributed by atoms with E-state index in [1.165, 1.54) is 5.56 Å². The van der Waals surface area contributed by atoms with Gasteiger partial charge in [0, 0.05) is 17.3 Å². The van der Waals surface area contributed by atoms with E-state index in [1.54, 1.807) is 18.5 Å². The monoisotopic (exact) mass is 269 g/mol. The first-order chi connectivity index (χ1) is 9.74. The average Bonchev–Trinajstić information content (AvgIpc) is 2.52. The third-order valence-electron chi connectivity index (χ3n) is 3.07. The summed E-state index contributed by atoms with van der Waals surface area (Å²) in [5.74, 6) is 0.616. The molecule has 0 saturated carbocycles. The van der Waals surface area contributed by atoms with Crippen LogP contribution in [-0.4, -0.2) is 17.4 Å². The molecule has 1 aromatic heterocycles. The molecule has 0 aliphatic carbocycles. The first-order valence-corrected chi connectivity index (χ1v) is 6.96. The molecule has 0 fully saturated rings. The summed E-state index contributed by atoms with van der Waals surface area (Å²) in [5, 5.41) is 0. The van der Waals surface area contributed by atoms with E-state index in [4.69, 9.17) is 4.74 Å². The first-order valence-electron chi connectivity index (χ1n) is 6.96. The van der Waals surface area contributed by atoms with Crippen molar-refractivity contribution in [2.24, 2.45) is 0 Å². The number of nitrogens with zero attached hydrogens (tertiary/aromatic N) is 1. The van der Waals surface area contributed by atoms with E-state index in [9.17, 15) is 4.79 Å². The Morgan fingerprint density at radius 1 is 1.10 bits per heavy atom. The van der Waals surface area contributed by atoms with Gasteiger partial charge in [0.2, 0.25) is 0 Å². The van der Waals surface area contributed by atoms with Crippen LogP contribution in [0.15, 0.2) is 42.7 Å². The quantitative estimate of drug-likeness (QED) is 0.751. The molecule has 0 unspecified atom stereocenters. The molecule has 0 radical (unpaired) electrons. The molecule has 2 rings (SSSR count). The van der Waals surface area contributed by atoms with Crippen LogP contribution >= 0.6 is 0 Å². The van der Waals surface area contributed by atoms with Crippen LogP contribution in [0.4, 0.5) is 0 Å². The van der Waals surface area contributed by atoms with Gasteiger partial charge in [0.15, 0.2) is 5.78 Å². The fourth-order valence-electron chi connectivity index (χ4n) is 1.90. The number of rotatable bonds is 6. The summed E-state index contributed by atoms with van der Waals surface area (Å²) in [6.07, 6.45) is 5.11. The average molecular weight is 269 g/mol. The zero-order valence-corrected chi connectivity index (χ0v) is 11.9. The summed E-state index contributed by atoms with van der Waals surface area (Å²) < 4.78 is 5.50. The number of benzene rings is 1. The number of pyridine rings is 1. The summed E-state index contributed by atoms with van der Waals surface area (Å²) in [7, 11) is 0. The highest BCUT2D eigenvalue weighted by molar-refractivity contribution is 6.08. The van der Waals surface area contributed by atoms with Crippen molar-refractivity contribution < 1.29 is 9.53 Å². The Hall–Kier alpha value is -2.16. The maximum absolute atomic E-state index is 12.4. The zero-order valence-electron chi connectivity index (χ0n) is 11.9. The summed E-state index contributed by atoms with van der Waals surface area (Å²) in [6, 6.07) is 9.44. The Kier molecular flexibility index (Phi) is 4.88. The topological polar surface area (TPSA) is 39.2 Å². The molecule has 20 heavy (non-hydrogen) atoms. The van der Waals surface area contributed by atoms with Gasteiger partial charge in [-0.25, -0.2) is 0 Å². The van der Waals surface area contributed by atoms with E-state index in [2.05, 4.69) is 11.9 Å². The van der Waals surface area contributed by atoms with Crippen molar-refractivity contribution in [2.45, 2.75) is 26.7 Å². The van der Waals surface area contributed by atoms with Gasteiger partial charge in [-0.15, -0.1) is 0 Å². The lowest BCUT2D eigenvalue weighted by atomic mass is 10.0. The number of carbonyl (C=O) groups is 1. The number of hydrogen-bond donors (Lipinski definition) is 0. The number of aryl methyl sites for hydroxylation is 1. The second kappa shape index (κ2) is 6.85. The molecule has 3 nitrogen and oxygen atoms in total. The summed E-state index contributed by atoms with van der Waals surface area (Å²) in [4.78, 5) is 16.4. The molecular formula is C17H19NO2. The van der Waals surface area contributed by atoms with E-state index in [0.717, 1.165) is 12.8 Å². The van der Waals surface area contributed by atoms with Crippen LogP contribution in [-0.2, 0) is 6.42 Å². The molecule has 0 saturated heterocycles. The van der Waals surface area contributed by atoms with Gasteiger partial charge < -0.3 is 4.74 Å². The number of carbonyl (C=O) groups excluding carboxylic acids is 1. The first kappa shape index (κ1) is 14.3. The molecule has 0 aliphatic rings. The van der Waals surface area contributed by atoms with Gasteiger partial charge in [0.1, 0.15) is 5.75 Å². The van der Waals surface area contributed by atoms with Crippen LogP contribution in [0, 0.1) is 0 Å². The summed E-state index contributed by atoms with van der Waals surface area (Å²) >= 11 is 0. The van der Waals surface area contributed by atoms with Crippen LogP contribution in [0.25, 0.3) is 0 Å². The molecule has 0 amide bonds. The highest BCUT2D eigenvalue weighted by Gasteiger charge is 2.10. The number of ether oxygens (including phenoxy) is 1. The van der Waals surface area contributed by atoms with Gasteiger partial charge in [-0.2, -0.15) is 0 Å². The second-order valence-corrected chi connectivity index (χ2v) is 4.64. The minimum absolute atomic E-state index is 0.0258. The van der Waals surface area contributed by atoms with Crippen molar-refractivity contribution in [3.8, 4) is 5.75 Å². The second-order valence-electron chi connectivity index (χ2n) is 4.64. The smallest absolute Gasteiger partial charge is 0.194 e. The van der Waals surface area contributed by atoms with Crippen LogP contribution in [0.2, 0.25) is 0 Å². The number of aromatic nitrogens is 1.